The van der Waals surface area contributed by atoms with Crippen LogP contribution in [0.15, 0.2) is 54.1 Å². The summed E-state index contributed by atoms with van der Waals surface area (Å²) in [5, 5.41) is 15.1. The molecule has 33 heavy (non-hydrogen) atoms. The first-order valence-corrected chi connectivity index (χ1v) is 11.3. The van der Waals surface area contributed by atoms with Crippen molar-refractivity contribution in [2.24, 2.45) is 0 Å². The molecule has 2 N–H and O–H groups in total. The fraction of sp³-hybridized carbons (Fsp3) is 0.346. The van der Waals surface area contributed by atoms with E-state index >= 15 is 0 Å². The van der Waals surface area contributed by atoms with Crippen molar-refractivity contribution in [2.45, 2.75) is 45.1 Å². The number of nitrogens with one attached hydrogen (secondary N) is 2. The minimum atomic E-state index is -0.499. The maximum atomic E-state index is 12.5. The van der Waals surface area contributed by atoms with Crippen molar-refractivity contribution in [3.63, 3.8) is 0 Å². The summed E-state index contributed by atoms with van der Waals surface area (Å²) < 4.78 is 10.9. The van der Waals surface area contributed by atoms with Gasteiger partial charge in [-0.1, -0.05) is 31.4 Å². The molecule has 0 aliphatic heterocycles. The van der Waals surface area contributed by atoms with Gasteiger partial charge < -0.3 is 20.1 Å². The molecule has 1 fully saturated rings. The molecular weight excluding hydrogens is 418 g/mol. The highest BCUT2D eigenvalue weighted by atomic mass is 16.5. The van der Waals surface area contributed by atoms with Crippen molar-refractivity contribution in [3.8, 4) is 17.6 Å². The SMILES string of the molecule is CCOc1ccc(NC(=O)/C(C#N)=C/c2ccc(OCC(=O)NC3CCCCC3)cc2)cc1. The molecule has 172 valence electrons. The standard InChI is InChI=1S/C26H29N3O4/c1-2-32-23-14-10-22(11-15-23)29-26(31)20(17-27)16-19-8-12-24(13-9-19)33-18-25(30)28-21-6-4-3-5-7-21/h8-16,21H,2-7,18H2,1H3,(H,28,30)(H,29,31)/b20-16+. The first kappa shape index (κ1) is 23.9. The lowest BCUT2D eigenvalue weighted by atomic mass is 9.95. The molecule has 2 aromatic rings. The van der Waals surface area contributed by atoms with Crippen molar-refractivity contribution < 1.29 is 19.1 Å². The van der Waals surface area contributed by atoms with E-state index in [1.807, 2.05) is 13.0 Å². The summed E-state index contributed by atoms with van der Waals surface area (Å²) >= 11 is 0. The van der Waals surface area contributed by atoms with Gasteiger partial charge in [0.25, 0.3) is 11.8 Å². The van der Waals surface area contributed by atoms with Gasteiger partial charge in [0.05, 0.1) is 6.61 Å². The van der Waals surface area contributed by atoms with Crippen molar-refractivity contribution in [1.82, 2.24) is 5.32 Å². The van der Waals surface area contributed by atoms with E-state index in [2.05, 4.69) is 10.6 Å². The first-order valence-electron chi connectivity index (χ1n) is 11.3. The predicted molar refractivity (Wildman–Crippen MR) is 127 cm³/mol. The van der Waals surface area contributed by atoms with E-state index in [0.29, 0.717) is 29.4 Å². The predicted octanol–water partition coefficient (Wildman–Crippen LogP) is 4.46. The van der Waals surface area contributed by atoms with Gasteiger partial charge in [-0.25, -0.2) is 0 Å². The van der Waals surface area contributed by atoms with E-state index in [-0.39, 0.29) is 24.1 Å². The molecule has 0 aromatic heterocycles. The molecule has 2 aromatic carbocycles. The number of ether oxygens (including phenoxy) is 2. The molecule has 1 aliphatic carbocycles. The summed E-state index contributed by atoms with van der Waals surface area (Å²) in [4.78, 5) is 24.5. The van der Waals surface area contributed by atoms with Crippen LogP contribution in [0, 0.1) is 11.3 Å². The van der Waals surface area contributed by atoms with Gasteiger partial charge in [0, 0.05) is 11.7 Å². The average molecular weight is 448 g/mol. The number of hydrogen-bond acceptors (Lipinski definition) is 5. The van der Waals surface area contributed by atoms with Crippen LogP contribution in [0.1, 0.15) is 44.6 Å². The average Bonchev–Trinajstić information content (AvgIpc) is 2.84. The topological polar surface area (TPSA) is 100 Å². The molecular formula is C26H29N3O4. The molecule has 0 saturated heterocycles. The van der Waals surface area contributed by atoms with Crippen molar-refractivity contribution >= 4 is 23.6 Å². The van der Waals surface area contributed by atoms with Gasteiger partial charge in [-0.3, -0.25) is 9.59 Å². The molecule has 0 atom stereocenters. The van der Waals surface area contributed by atoms with Crippen LogP contribution in [0.5, 0.6) is 11.5 Å². The molecule has 0 spiro atoms. The fourth-order valence-corrected chi connectivity index (χ4v) is 3.64. The van der Waals surface area contributed by atoms with E-state index in [4.69, 9.17) is 9.47 Å². The van der Waals surface area contributed by atoms with Crippen LogP contribution < -0.4 is 20.1 Å². The number of rotatable bonds is 9. The number of nitriles is 1. The van der Waals surface area contributed by atoms with Crippen LogP contribution in [0.25, 0.3) is 6.08 Å². The summed E-state index contributed by atoms with van der Waals surface area (Å²) in [7, 11) is 0. The van der Waals surface area contributed by atoms with Gasteiger partial charge in [0.1, 0.15) is 23.1 Å². The highest BCUT2D eigenvalue weighted by Gasteiger charge is 2.16. The second-order valence-corrected chi connectivity index (χ2v) is 7.84. The lowest BCUT2D eigenvalue weighted by Crippen LogP contribution is -2.38. The van der Waals surface area contributed by atoms with E-state index < -0.39 is 5.91 Å². The highest BCUT2D eigenvalue weighted by molar-refractivity contribution is 6.09. The van der Waals surface area contributed by atoms with E-state index in [1.165, 1.54) is 12.5 Å². The monoisotopic (exact) mass is 447 g/mol. The Labute approximate surface area is 194 Å². The van der Waals surface area contributed by atoms with E-state index in [0.717, 1.165) is 25.7 Å². The second kappa shape index (κ2) is 12.3. The van der Waals surface area contributed by atoms with Crippen LogP contribution >= 0.6 is 0 Å². The zero-order valence-corrected chi connectivity index (χ0v) is 18.8. The maximum Gasteiger partial charge on any atom is 0.266 e. The van der Waals surface area contributed by atoms with E-state index in [1.54, 1.807) is 48.5 Å². The third kappa shape index (κ3) is 7.69. The van der Waals surface area contributed by atoms with Gasteiger partial charge in [0.15, 0.2) is 6.61 Å². The Bertz CT molecular complexity index is 1000. The van der Waals surface area contributed by atoms with Crippen LogP contribution in [-0.4, -0.2) is 31.1 Å². The van der Waals surface area contributed by atoms with Gasteiger partial charge >= 0.3 is 0 Å². The smallest absolute Gasteiger partial charge is 0.266 e. The number of carbonyl (C=O) groups excluding carboxylic acids is 2. The van der Waals surface area contributed by atoms with Crippen LogP contribution in [-0.2, 0) is 9.59 Å². The van der Waals surface area contributed by atoms with Gasteiger partial charge in [-0.2, -0.15) is 5.26 Å². The Morgan fingerprint density at radius 2 is 1.64 bits per heavy atom. The van der Waals surface area contributed by atoms with Gasteiger partial charge in [0.2, 0.25) is 0 Å². The molecule has 1 saturated carbocycles. The summed E-state index contributed by atoms with van der Waals surface area (Å²) in [5.41, 5.74) is 1.22. The molecule has 0 heterocycles. The number of anilines is 1. The number of benzene rings is 2. The summed E-state index contributed by atoms with van der Waals surface area (Å²) in [5.74, 6) is 0.633. The lowest BCUT2D eigenvalue weighted by molar-refractivity contribution is -0.124. The summed E-state index contributed by atoms with van der Waals surface area (Å²) in [6.07, 6.45) is 7.11. The molecule has 1 aliphatic rings. The number of nitrogens with zero attached hydrogens (tertiary/aromatic N) is 1. The van der Waals surface area contributed by atoms with Crippen molar-refractivity contribution in [3.05, 3.63) is 59.7 Å². The number of amides is 2. The van der Waals surface area contributed by atoms with Crippen LogP contribution in [0.3, 0.4) is 0 Å². The fourth-order valence-electron chi connectivity index (χ4n) is 3.64. The maximum absolute atomic E-state index is 12.5. The third-order valence-corrected chi connectivity index (χ3v) is 5.32. The highest BCUT2D eigenvalue weighted by Crippen LogP contribution is 2.19. The minimum Gasteiger partial charge on any atom is -0.494 e. The Balaban J connectivity index is 1.52. The quantitative estimate of drug-likeness (QED) is 0.437. The second-order valence-electron chi connectivity index (χ2n) is 7.84. The van der Waals surface area contributed by atoms with E-state index in [9.17, 15) is 14.9 Å². The van der Waals surface area contributed by atoms with Crippen LogP contribution in [0.2, 0.25) is 0 Å². The Hall–Kier alpha value is -3.79. The normalized spacial score (nSPS) is 14.1. The summed E-state index contributed by atoms with van der Waals surface area (Å²) in [6, 6.07) is 16.0. The first-order chi connectivity index (χ1) is 16.1. The summed E-state index contributed by atoms with van der Waals surface area (Å²) in [6.45, 7) is 2.41. The Morgan fingerprint density at radius 1 is 1.00 bits per heavy atom. The molecule has 0 unspecified atom stereocenters. The van der Waals surface area contributed by atoms with Gasteiger partial charge in [-0.05, 0) is 67.8 Å². The lowest BCUT2D eigenvalue weighted by Gasteiger charge is -2.22. The molecule has 0 bridgehead atoms. The number of hydrogen-bond donors (Lipinski definition) is 2. The zero-order chi connectivity index (χ0) is 23.5. The molecule has 0 radical (unpaired) electrons. The zero-order valence-electron chi connectivity index (χ0n) is 18.8. The minimum absolute atomic E-state index is 0.0237. The molecule has 3 rings (SSSR count). The Morgan fingerprint density at radius 3 is 2.27 bits per heavy atom. The third-order valence-electron chi connectivity index (χ3n) is 5.32. The van der Waals surface area contributed by atoms with Crippen molar-refractivity contribution in [2.75, 3.05) is 18.5 Å². The molecule has 7 nitrogen and oxygen atoms in total. The van der Waals surface area contributed by atoms with Crippen LogP contribution in [0.4, 0.5) is 5.69 Å². The van der Waals surface area contributed by atoms with Gasteiger partial charge in [-0.15, -0.1) is 0 Å². The molecule has 7 heteroatoms. The molecule has 2 amide bonds. The largest absolute Gasteiger partial charge is 0.494 e. The van der Waals surface area contributed by atoms with Crippen molar-refractivity contribution in [1.29, 1.82) is 5.26 Å². The number of carbonyl (C=O) groups is 2. The Kier molecular flexibility index (Phi) is 8.89.